The van der Waals surface area contributed by atoms with E-state index >= 15 is 0 Å². The first-order valence-electron chi connectivity index (χ1n) is 7.47. The lowest BCUT2D eigenvalue weighted by molar-refractivity contribution is -0.167. The number of nitrogens with one attached hydrogen (secondary N) is 2. The Kier molecular flexibility index (Phi) is 4.40. The van der Waals surface area contributed by atoms with Gasteiger partial charge in [-0.3, -0.25) is 14.4 Å². The summed E-state index contributed by atoms with van der Waals surface area (Å²) in [6.45, 7) is 0. The van der Waals surface area contributed by atoms with Gasteiger partial charge in [0, 0.05) is 22.5 Å². The highest BCUT2D eigenvalue weighted by molar-refractivity contribution is 6.22. The van der Waals surface area contributed by atoms with Gasteiger partial charge in [-0.05, 0) is 35.4 Å². The molecular formula is C17H8F6N2O3. The number of anilines is 2. The van der Waals surface area contributed by atoms with Crippen LogP contribution in [0.2, 0.25) is 0 Å². The monoisotopic (exact) mass is 402 g/mol. The molecule has 2 N–H and O–H groups in total. The van der Waals surface area contributed by atoms with Gasteiger partial charge in [-0.2, -0.15) is 26.3 Å². The molecule has 5 nitrogen and oxygen atoms in total. The molecule has 146 valence electrons. The second-order valence-corrected chi connectivity index (χ2v) is 5.75. The molecule has 0 saturated carbocycles. The van der Waals surface area contributed by atoms with E-state index in [1.807, 2.05) is 0 Å². The van der Waals surface area contributed by atoms with Crippen LogP contribution in [0.1, 0.15) is 15.9 Å². The molecule has 0 aromatic heterocycles. The quantitative estimate of drug-likeness (QED) is 0.639. The molecule has 0 saturated heterocycles. The first-order valence-corrected chi connectivity index (χ1v) is 7.47. The minimum absolute atomic E-state index is 0.0331. The minimum atomic E-state index is -5.11. The first-order chi connectivity index (χ1) is 12.9. The van der Waals surface area contributed by atoms with Gasteiger partial charge in [0.2, 0.25) is 0 Å². The van der Waals surface area contributed by atoms with Gasteiger partial charge in [0.1, 0.15) is 0 Å². The number of ketones is 1. The molecule has 11 heteroatoms. The van der Waals surface area contributed by atoms with E-state index in [0.29, 0.717) is 11.1 Å². The third kappa shape index (κ3) is 3.55. The summed E-state index contributed by atoms with van der Waals surface area (Å²) in [5.41, 5.74) is 0.0570. The van der Waals surface area contributed by atoms with E-state index in [0.717, 1.165) is 24.3 Å². The van der Waals surface area contributed by atoms with E-state index in [-0.39, 0.29) is 22.5 Å². The van der Waals surface area contributed by atoms with Crippen molar-refractivity contribution in [3.63, 3.8) is 0 Å². The number of hydrogen-bond acceptors (Lipinski definition) is 3. The lowest BCUT2D eigenvalue weighted by Gasteiger charge is -2.09. The summed E-state index contributed by atoms with van der Waals surface area (Å²) in [6, 6.07) is 7.00. The van der Waals surface area contributed by atoms with Crippen molar-refractivity contribution in [2.24, 2.45) is 0 Å². The second-order valence-electron chi connectivity index (χ2n) is 5.75. The number of halogens is 6. The van der Waals surface area contributed by atoms with Crippen LogP contribution in [-0.2, 0) is 9.59 Å². The van der Waals surface area contributed by atoms with Crippen LogP contribution in [-0.4, -0.2) is 30.0 Å². The SMILES string of the molecule is O=C1c2cc(NC(=O)C(F)(F)F)ccc2-c2ccc(NC(=O)C(F)(F)F)cc21. The normalized spacial score (nSPS) is 13.0. The summed E-state index contributed by atoms with van der Waals surface area (Å²) in [4.78, 5) is 34.5. The Morgan fingerprint density at radius 2 is 1.00 bits per heavy atom. The molecule has 0 spiro atoms. The van der Waals surface area contributed by atoms with E-state index < -0.39 is 30.0 Å². The van der Waals surface area contributed by atoms with Crippen LogP contribution >= 0.6 is 0 Å². The van der Waals surface area contributed by atoms with Crippen LogP contribution in [0.15, 0.2) is 36.4 Å². The average Bonchev–Trinajstić information content (AvgIpc) is 2.85. The van der Waals surface area contributed by atoms with Crippen LogP contribution in [0, 0.1) is 0 Å². The van der Waals surface area contributed by atoms with Crippen molar-refractivity contribution in [3.05, 3.63) is 47.5 Å². The zero-order valence-electron chi connectivity index (χ0n) is 13.5. The van der Waals surface area contributed by atoms with Crippen LogP contribution in [0.4, 0.5) is 37.7 Å². The van der Waals surface area contributed by atoms with Crippen molar-refractivity contribution in [2.45, 2.75) is 12.4 Å². The maximum absolute atomic E-state index is 12.5. The Hall–Kier alpha value is -3.37. The highest BCUT2D eigenvalue weighted by Crippen LogP contribution is 2.39. The number of hydrogen-bond donors (Lipinski definition) is 2. The third-order valence-electron chi connectivity index (χ3n) is 3.85. The summed E-state index contributed by atoms with van der Waals surface area (Å²) in [5, 5.41) is 3.23. The largest absolute Gasteiger partial charge is 0.471 e. The van der Waals surface area contributed by atoms with Gasteiger partial charge >= 0.3 is 24.2 Å². The van der Waals surface area contributed by atoms with Crippen LogP contribution < -0.4 is 10.6 Å². The molecule has 28 heavy (non-hydrogen) atoms. The molecule has 0 bridgehead atoms. The van der Waals surface area contributed by atoms with Crippen LogP contribution in [0.3, 0.4) is 0 Å². The van der Waals surface area contributed by atoms with Crippen molar-refractivity contribution in [2.75, 3.05) is 10.6 Å². The summed E-state index contributed by atoms with van der Waals surface area (Å²) < 4.78 is 74.0. The van der Waals surface area contributed by atoms with E-state index in [1.54, 1.807) is 10.6 Å². The number of rotatable bonds is 2. The van der Waals surface area contributed by atoms with E-state index in [4.69, 9.17) is 0 Å². The summed E-state index contributed by atoms with van der Waals surface area (Å²) in [7, 11) is 0. The van der Waals surface area contributed by atoms with Gasteiger partial charge in [0.25, 0.3) is 0 Å². The first kappa shape index (κ1) is 19.4. The minimum Gasteiger partial charge on any atom is -0.318 e. The Morgan fingerprint density at radius 1 is 0.643 bits per heavy atom. The van der Waals surface area contributed by atoms with Crippen molar-refractivity contribution < 1.29 is 40.7 Å². The van der Waals surface area contributed by atoms with Crippen molar-refractivity contribution >= 4 is 29.0 Å². The molecule has 2 aromatic carbocycles. The molecule has 3 rings (SSSR count). The number of fused-ring (bicyclic) bond motifs is 3. The topological polar surface area (TPSA) is 75.3 Å². The number of carbonyl (C=O) groups excluding carboxylic acids is 3. The van der Waals surface area contributed by atoms with Crippen LogP contribution in [0.25, 0.3) is 11.1 Å². The van der Waals surface area contributed by atoms with Gasteiger partial charge in [-0.25, -0.2) is 0 Å². The zero-order chi connectivity index (χ0) is 20.9. The number of alkyl halides is 6. The number of benzene rings is 2. The maximum Gasteiger partial charge on any atom is 0.471 e. The van der Waals surface area contributed by atoms with Gasteiger partial charge in [0.15, 0.2) is 5.78 Å². The number of amides is 2. The molecule has 2 aromatic rings. The molecule has 0 aliphatic heterocycles. The van der Waals surface area contributed by atoms with Gasteiger partial charge in [0.05, 0.1) is 0 Å². The highest BCUT2D eigenvalue weighted by atomic mass is 19.4. The lowest BCUT2D eigenvalue weighted by Crippen LogP contribution is -2.30. The smallest absolute Gasteiger partial charge is 0.318 e. The predicted octanol–water partition coefficient (Wildman–Crippen LogP) is 3.90. The fraction of sp³-hybridized carbons (Fsp3) is 0.118. The summed E-state index contributed by atoms with van der Waals surface area (Å²) >= 11 is 0. The molecular weight excluding hydrogens is 394 g/mol. The lowest BCUT2D eigenvalue weighted by atomic mass is 10.0. The molecule has 0 heterocycles. The van der Waals surface area contributed by atoms with Gasteiger partial charge in [-0.15, -0.1) is 0 Å². The van der Waals surface area contributed by atoms with Gasteiger partial charge < -0.3 is 10.6 Å². The third-order valence-corrected chi connectivity index (χ3v) is 3.85. The molecule has 0 unspecified atom stereocenters. The van der Waals surface area contributed by atoms with Crippen molar-refractivity contribution in [3.8, 4) is 11.1 Å². The Morgan fingerprint density at radius 3 is 1.32 bits per heavy atom. The van der Waals surface area contributed by atoms with E-state index in [2.05, 4.69) is 0 Å². The van der Waals surface area contributed by atoms with Crippen molar-refractivity contribution in [1.29, 1.82) is 0 Å². The Labute approximate surface area is 152 Å². The zero-order valence-corrected chi connectivity index (χ0v) is 13.5. The highest BCUT2D eigenvalue weighted by Gasteiger charge is 2.40. The standard InChI is InChI=1S/C17H8F6N2O3/c18-16(19,20)14(27)24-7-1-3-9-10-4-2-8(25-15(28)17(21,22)23)6-12(10)13(26)11(9)5-7/h1-6H,(H,24,27)(H,25,28). The molecule has 0 radical (unpaired) electrons. The molecule has 0 atom stereocenters. The molecule has 1 aliphatic rings. The van der Waals surface area contributed by atoms with E-state index in [1.165, 1.54) is 12.1 Å². The fourth-order valence-electron chi connectivity index (χ4n) is 2.64. The molecule has 0 fully saturated rings. The predicted molar refractivity (Wildman–Crippen MR) is 84.7 cm³/mol. The molecule has 1 aliphatic carbocycles. The number of carbonyl (C=O) groups is 3. The summed E-state index contributed by atoms with van der Waals surface area (Å²) in [6.07, 6.45) is -10.2. The van der Waals surface area contributed by atoms with Crippen molar-refractivity contribution in [1.82, 2.24) is 0 Å². The van der Waals surface area contributed by atoms with Gasteiger partial charge in [-0.1, -0.05) is 12.1 Å². The van der Waals surface area contributed by atoms with E-state index in [9.17, 15) is 40.7 Å². The summed E-state index contributed by atoms with van der Waals surface area (Å²) in [5.74, 6) is -5.10. The Bertz CT molecular complexity index is 931. The fourth-order valence-corrected chi connectivity index (χ4v) is 2.64. The average molecular weight is 402 g/mol. The van der Waals surface area contributed by atoms with Crippen LogP contribution in [0.5, 0.6) is 0 Å². The molecule has 2 amide bonds. The second kappa shape index (κ2) is 6.36. The Balaban J connectivity index is 1.90. The maximum atomic E-state index is 12.5.